The zero-order valence-corrected chi connectivity index (χ0v) is 34.8. The second kappa shape index (κ2) is 38.5. The van der Waals surface area contributed by atoms with Crippen molar-refractivity contribution >= 4 is 13.7 Å². The lowest BCUT2D eigenvalue weighted by atomic mass is 10.0. The molecule has 0 aromatic carbocycles. The summed E-state index contributed by atoms with van der Waals surface area (Å²) in [6.45, 7) is 3.96. The first kappa shape index (κ1) is 51.2. The number of amides is 1. The van der Waals surface area contributed by atoms with Crippen molar-refractivity contribution in [3.05, 3.63) is 12.2 Å². The quantitative estimate of drug-likeness (QED) is 0.0235. The highest BCUT2D eigenvalue weighted by atomic mass is 31.2. The number of phosphoric acid groups is 1. The van der Waals surface area contributed by atoms with Crippen LogP contribution in [0.4, 0.5) is 0 Å². The predicted molar refractivity (Wildman–Crippen MR) is 218 cm³/mol. The van der Waals surface area contributed by atoms with Crippen LogP contribution in [0.25, 0.3) is 0 Å². The number of allylic oxidation sites excluding steroid dienone is 1. The number of nitrogens with two attached hydrogens (primary N) is 1. The minimum Gasteiger partial charge on any atom is -0.393 e. The molecule has 6 N–H and O–H groups in total. The lowest BCUT2D eigenvalue weighted by Gasteiger charge is -2.24. The molecular weight excluding hydrogens is 675 g/mol. The molecule has 0 aliphatic heterocycles. The van der Waals surface area contributed by atoms with Crippen molar-refractivity contribution in [3.8, 4) is 0 Å². The lowest BCUT2D eigenvalue weighted by Crippen LogP contribution is -2.46. The Bertz CT molecular complexity index is 847. The van der Waals surface area contributed by atoms with Crippen LogP contribution in [-0.2, 0) is 18.4 Å². The maximum absolute atomic E-state index is 12.7. The van der Waals surface area contributed by atoms with Gasteiger partial charge >= 0.3 is 7.82 Å². The second-order valence-corrected chi connectivity index (χ2v) is 16.6. The number of carbonyl (C=O) groups is 1. The van der Waals surface area contributed by atoms with Crippen LogP contribution >= 0.6 is 7.82 Å². The summed E-state index contributed by atoms with van der Waals surface area (Å²) in [6, 6.07) is -0.976. The molecule has 0 aromatic heterocycles. The topological polar surface area (TPSA) is 151 Å². The van der Waals surface area contributed by atoms with Gasteiger partial charge < -0.3 is 26.2 Å². The van der Waals surface area contributed by atoms with Crippen molar-refractivity contribution in [2.24, 2.45) is 5.73 Å². The molecule has 0 saturated heterocycles. The standard InChI is InChI=1S/C42H85N2O7P/c1-3-5-7-9-11-13-14-15-16-17-18-19-20-21-22-23-24-26-28-30-32-34-41(46)40(38-51-52(48,49)50-36-35-43)44-42(47)37-39(45)33-31-29-27-25-12-10-8-6-4-2/h32,34,39-41,45-46H,3-31,33,35-38,43H2,1-2H3,(H,44,47)(H,48,49)/b34-32+. The van der Waals surface area contributed by atoms with E-state index in [0.29, 0.717) is 6.42 Å². The molecule has 0 rings (SSSR count). The van der Waals surface area contributed by atoms with Crippen LogP contribution < -0.4 is 11.1 Å². The van der Waals surface area contributed by atoms with Crippen molar-refractivity contribution < 1.29 is 33.5 Å². The SMILES string of the molecule is CCCCCCCCCCCCCCCCCCCCC/C=C/C(O)C(COP(=O)(O)OCCN)NC(=O)CC(O)CCCCCCCCCCC. The third-order valence-electron chi connectivity index (χ3n) is 9.92. The predicted octanol–water partition coefficient (Wildman–Crippen LogP) is 11.0. The van der Waals surface area contributed by atoms with E-state index in [1.807, 2.05) is 6.08 Å². The molecule has 10 heteroatoms. The van der Waals surface area contributed by atoms with Gasteiger partial charge in [-0.3, -0.25) is 13.8 Å². The number of phosphoric ester groups is 1. The van der Waals surface area contributed by atoms with E-state index in [0.717, 1.165) is 38.5 Å². The minimum atomic E-state index is -4.39. The summed E-state index contributed by atoms with van der Waals surface area (Å²) in [5.41, 5.74) is 5.36. The van der Waals surface area contributed by atoms with E-state index < -0.39 is 38.6 Å². The van der Waals surface area contributed by atoms with E-state index in [1.165, 1.54) is 148 Å². The zero-order chi connectivity index (χ0) is 38.4. The number of unbranched alkanes of at least 4 members (excludes halogenated alkanes) is 27. The van der Waals surface area contributed by atoms with E-state index in [9.17, 15) is 24.5 Å². The monoisotopic (exact) mass is 761 g/mol. The molecule has 4 atom stereocenters. The molecule has 52 heavy (non-hydrogen) atoms. The first-order chi connectivity index (χ1) is 25.3. The van der Waals surface area contributed by atoms with Crippen molar-refractivity contribution in [3.63, 3.8) is 0 Å². The molecular formula is C42H85N2O7P. The second-order valence-electron chi connectivity index (χ2n) is 15.1. The summed E-state index contributed by atoms with van der Waals surface area (Å²) in [5, 5.41) is 24.0. The molecule has 0 saturated carbocycles. The largest absolute Gasteiger partial charge is 0.472 e. The molecule has 0 aliphatic rings. The van der Waals surface area contributed by atoms with Gasteiger partial charge in [-0.25, -0.2) is 4.57 Å². The Morgan fingerprint density at radius 1 is 0.654 bits per heavy atom. The number of aliphatic hydroxyl groups excluding tert-OH is 2. The number of carbonyl (C=O) groups excluding carboxylic acids is 1. The highest BCUT2D eigenvalue weighted by Crippen LogP contribution is 2.43. The Morgan fingerprint density at radius 3 is 1.48 bits per heavy atom. The Hall–Kier alpha value is -0.800. The van der Waals surface area contributed by atoms with Gasteiger partial charge in [0.2, 0.25) is 5.91 Å². The highest BCUT2D eigenvalue weighted by Gasteiger charge is 2.27. The Morgan fingerprint density at radius 2 is 1.06 bits per heavy atom. The van der Waals surface area contributed by atoms with Gasteiger partial charge in [-0.05, 0) is 19.3 Å². The Balaban J connectivity index is 4.23. The van der Waals surface area contributed by atoms with E-state index in [1.54, 1.807) is 6.08 Å². The van der Waals surface area contributed by atoms with Crippen LogP contribution in [0.1, 0.15) is 213 Å². The first-order valence-corrected chi connectivity index (χ1v) is 23.4. The van der Waals surface area contributed by atoms with Gasteiger partial charge in [-0.1, -0.05) is 199 Å². The smallest absolute Gasteiger partial charge is 0.393 e. The van der Waals surface area contributed by atoms with Crippen LogP contribution in [0, 0.1) is 0 Å². The van der Waals surface area contributed by atoms with Crippen LogP contribution in [0.15, 0.2) is 12.2 Å². The molecule has 0 fully saturated rings. The van der Waals surface area contributed by atoms with Crippen LogP contribution in [-0.4, -0.2) is 59.0 Å². The fraction of sp³-hybridized carbons (Fsp3) is 0.929. The van der Waals surface area contributed by atoms with E-state index in [4.69, 9.17) is 14.8 Å². The molecule has 0 radical (unpaired) electrons. The minimum absolute atomic E-state index is 0.0513. The lowest BCUT2D eigenvalue weighted by molar-refractivity contribution is -0.124. The van der Waals surface area contributed by atoms with Crippen LogP contribution in [0.3, 0.4) is 0 Å². The summed E-state index contributed by atoms with van der Waals surface area (Å²) in [6.07, 6.45) is 38.8. The molecule has 0 bridgehead atoms. The number of rotatable bonds is 41. The Labute approximate surface area is 320 Å². The van der Waals surface area contributed by atoms with Gasteiger partial charge in [-0.15, -0.1) is 0 Å². The third kappa shape index (κ3) is 36.2. The van der Waals surface area contributed by atoms with Crippen molar-refractivity contribution in [1.29, 1.82) is 0 Å². The maximum Gasteiger partial charge on any atom is 0.472 e. The van der Waals surface area contributed by atoms with Gasteiger partial charge in [0.15, 0.2) is 0 Å². The average Bonchev–Trinajstić information content (AvgIpc) is 3.12. The zero-order valence-electron chi connectivity index (χ0n) is 33.9. The molecule has 1 amide bonds. The molecule has 0 aromatic rings. The molecule has 0 aliphatic carbocycles. The molecule has 0 heterocycles. The molecule has 0 spiro atoms. The summed E-state index contributed by atoms with van der Waals surface area (Å²) in [5.74, 6) is -0.445. The van der Waals surface area contributed by atoms with Crippen molar-refractivity contribution in [2.45, 2.75) is 231 Å². The van der Waals surface area contributed by atoms with Crippen LogP contribution in [0.2, 0.25) is 0 Å². The van der Waals surface area contributed by atoms with Gasteiger partial charge in [0.25, 0.3) is 0 Å². The number of aliphatic hydroxyl groups is 2. The number of hydrogen-bond donors (Lipinski definition) is 5. The summed E-state index contributed by atoms with van der Waals surface area (Å²) in [4.78, 5) is 22.7. The van der Waals surface area contributed by atoms with E-state index in [2.05, 4.69) is 19.2 Å². The number of nitrogens with one attached hydrogen (secondary N) is 1. The summed E-state index contributed by atoms with van der Waals surface area (Å²) < 4.78 is 22.0. The molecule has 4 unspecified atom stereocenters. The van der Waals surface area contributed by atoms with E-state index in [-0.39, 0.29) is 19.6 Å². The van der Waals surface area contributed by atoms with Gasteiger partial charge in [0.05, 0.1) is 37.9 Å². The molecule has 9 nitrogen and oxygen atoms in total. The van der Waals surface area contributed by atoms with Crippen molar-refractivity contribution in [1.82, 2.24) is 5.32 Å². The molecule has 310 valence electrons. The van der Waals surface area contributed by atoms with Gasteiger partial charge in [-0.2, -0.15) is 0 Å². The van der Waals surface area contributed by atoms with E-state index >= 15 is 0 Å². The van der Waals surface area contributed by atoms with Gasteiger partial charge in [0, 0.05) is 6.54 Å². The summed E-state index contributed by atoms with van der Waals surface area (Å²) >= 11 is 0. The fourth-order valence-electron chi connectivity index (χ4n) is 6.59. The number of hydrogen-bond acceptors (Lipinski definition) is 7. The first-order valence-electron chi connectivity index (χ1n) is 21.9. The average molecular weight is 761 g/mol. The van der Waals surface area contributed by atoms with Gasteiger partial charge in [0.1, 0.15) is 0 Å². The summed E-state index contributed by atoms with van der Waals surface area (Å²) in [7, 11) is -4.39. The Kier molecular flexibility index (Phi) is 37.9. The van der Waals surface area contributed by atoms with Crippen LogP contribution in [0.5, 0.6) is 0 Å². The van der Waals surface area contributed by atoms with Crippen molar-refractivity contribution in [2.75, 3.05) is 19.8 Å². The fourth-order valence-corrected chi connectivity index (χ4v) is 7.35. The normalized spacial score (nSPS) is 14.8. The third-order valence-corrected chi connectivity index (χ3v) is 10.9. The maximum atomic E-state index is 12.7. The highest BCUT2D eigenvalue weighted by molar-refractivity contribution is 7.47.